The molecule has 0 saturated carbocycles. The van der Waals surface area contributed by atoms with Gasteiger partial charge in [-0.05, 0) is 58.0 Å². The minimum atomic E-state index is -4.79. The molecule has 0 atom stereocenters. The van der Waals surface area contributed by atoms with Gasteiger partial charge in [0.05, 0.1) is 33.2 Å². The first kappa shape index (κ1) is 24.3. The molecule has 1 fully saturated rings. The summed E-state index contributed by atoms with van der Waals surface area (Å²) in [5, 5.41) is -0.347. The van der Waals surface area contributed by atoms with Gasteiger partial charge in [-0.1, -0.05) is 11.6 Å². The minimum absolute atomic E-state index is 0.347. The fourth-order valence-corrected chi connectivity index (χ4v) is 3.38. The van der Waals surface area contributed by atoms with Crippen LogP contribution in [0, 0.1) is 11.6 Å². The fourth-order valence-electron chi connectivity index (χ4n) is 3.18. The molecule has 1 heterocycles. The van der Waals surface area contributed by atoms with Gasteiger partial charge in [0.25, 0.3) is 0 Å². The normalized spacial score (nSPS) is 17.5. The Labute approximate surface area is 186 Å². The zero-order valence-corrected chi connectivity index (χ0v) is 18.2. The molecule has 2 aromatic carbocycles. The molecule has 12 heteroatoms. The van der Waals surface area contributed by atoms with Crippen LogP contribution in [-0.2, 0) is 15.5 Å². The second-order valence-electron chi connectivity index (χ2n) is 8.22. The maximum atomic E-state index is 15.0. The number of benzene rings is 2. The van der Waals surface area contributed by atoms with Crippen LogP contribution in [-0.4, -0.2) is 24.4 Å². The van der Waals surface area contributed by atoms with E-state index >= 15 is 4.39 Å². The van der Waals surface area contributed by atoms with Crippen LogP contribution in [0.15, 0.2) is 30.3 Å². The van der Waals surface area contributed by atoms with Gasteiger partial charge in [0.2, 0.25) is 0 Å². The number of halogens is 6. The van der Waals surface area contributed by atoms with Crippen molar-refractivity contribution in [2.24, 2.45) is 5.73 Å². The second kappa shape index (κ2) is 7.89. The summed E-state index contributed by atoms with van der Waals surface area (Å²) < 4.78 is 81.3. The molecule has 0 bridgehead atoms. The van der Waals surface area contributed by atoms with E-state index in [1.165, 1.54) is 0 Å². The number of urea groups is 1. The van der Waals surface area contributed by atoms with E-state index in [-0.39, 0.29) is 5.02 Å². The number of alkyl halides is 3. The molecule has 0 unspecified atom stereocenters. The average molecular weight is 477 g/mol. The third-order valence-electron chi connectivity index (χ3n) is 5.56. The summed E-state index contributed by atoms with van der Waals surface area (Å²) in [6.07, 6.45) is -4.79. The minimum Gasteiger partial charge on any atom is -0.399 e. The van der Waals surface area contributed by atoms with Crippen LogP contribution in [0.1, 0.15) is 33.3 Å². The van der Waals surface area contributed by atoms with Gasteiger partial charge in [-0.15, -0.1) is 0 Å². The van der Waals surface area contributed by atoms with Crippen LogP contribution < -0.4 is 16.1 Å². The number of primary amides is 1. The Morgan fingerprint density at radius 1 is 1.03 bits per heavy atom. The summed E-state index contributed by atoms with van der Waals surface area (Å²) in [6.45, 7) is 6.66. The van der Waals surface area contributed by atoms with Gasteiger partial charge in [0, 0.05) is 5.46 Å². The Morgan fingerprint density at radius 2 is 1.56 bits per heavy atom. The summed E-state index contributed by atoms with van der Waals surface area (Å²) in [5.74, 6) is -2.17. The Hall–Kier alpha value is -2.37. The van der Waals surface area contributed by atoms with Crippen molar-refractivity contribution in [2.45, 2.75) is 45.1 Å². The molecule has 0 aliphatic carbocycles. The predicted octanol–water partition coefficient (Wildman–Crippen LogP) is 5.15. The van der Waals surface area contributed by atoms with Crippen molar-refractivity contribution < 1.29 is 36.1 Å². The van der Waals surface area contributed by atoms with Crippen molar-refractivity contribution >= 4 is 41.6 Å². The highest BCUT2D eigenvalue weighted by Gasteiger charge is 2.54. The lowest BCUT2D eigenvalue weighted by Gasteiger charge is -2.32. The standard InChI is InChI=1S/C20H19BClF5N2O3/c1-18(2)19(3,4)32-21(31-18)15-12(23)7-8-13(24)16(15)29(17(28)30)14-9-10(20(25,26)27)5-6-11(14)22/h5-9H,1-4H3,(H2,28,30). The topological polar surface area (TPSA) is 64.8 Å². The maximum Gasteiger partial charge on any atom is 0.500 e. The third kappa shape index (κ3) is 4.16. The lowest BCUT2D eigenvalue weighted by Crippen LogP contribution is -2.44. The first-order valence-corrected chi connectivity index (χ1v) is 9.74. The zero-order valence-electron chi connectivity index (χ0n) is 17.5. The number of hydrogen-bond donors (Lipinski definition) is 1. The van der Waals surface area contributed by atoms with Gasteiger partial charge in [-0.25, -0.2) is 13.6 Å². The highest BCUT2D eigenvalue weighted by molar-refractivity contribution is 6.64. The first-order chi connectivity index (χ1) is 14.6. The number of nitrogens with zero attached hydrogens (tertiary/aromatic N) is 1. The molecule has 0 spiro atoms. The summed E-state index contributed by atoms with van der Waals surface area (Å²) in [4.78, 5) is 12.7. The van der Waals surface area contributed by atoms with E-state index in [1.54, 1.807) is 27.7 Å². The van der Waals surface area contributed by atoms with E-state index in [0.717, 1.165) is 12.1 Å². The molecule has 2 amide bonds. The van der Waals surface area contributed by atoms with Gasteiger partial charge in [0.15, 0.2) is 0 Å². The number of nitrogens with two attached hydrogens (primary N) is 1. The molecule has 0 aromatic heterocycles. The number of amides is 2. The van der Waals surface area contributed by atoms with Gasteiger partial charge in [0.1, 0.15) is 11.6 Å². The fraction of sp³-hybridized carbons (Fsp3) is 0.350. The SMILES string of the molecule is CC1(C)OB(c2c(F)ccc(F)c2N(C(N)=O)c2cc(C(F)(F)F)ccc2Cl)OC1(C)C. The monoisotopic (exact) mass is 476 g/mol. The highest BCUT2D eigenvalue weighted by Crippen LogP contribution is 2.41. The highest BCUT2D eigenvalue weighted by atomic mass is 35.5. The van der Waals surface area contributed by atoms with Crippen LogP contribution >= 0.6 is 11.6 Å². The van der Waals surface area contributed by atoms with Crippen molar-refractivity contribution in [1.29, 1.82) is 0 Å². The molecule has 1 aliphatic rings. The number of hydrogen-bond acceptors (Lipinski definition) is 3. The molecule has 32 heavy (non-hydrogen) atoms. The molecule has 5 nitrogen and oxygen atoms in total. The van der Waals surface area contributed by atoms with Crippen molar-refractivity contribution in [3.05, 3.63) is 52.6 Å². The Morgan fingerprint density at radius 3 is 2.06 bits per heavy atom. The van der Waals surface area contributed by atoms with Crippen LogP contribution in [0.4, 0.5) is 38.1 Å². The Kier molecular flexibility index (Phi) is 5.99. The van der Waals surface area contributed by atoms with Gasteiger partial charge >= 0.3 is 19.3 Å². The molecular weight excluding hydrogens is 457 g/mol. The molecule has 2 aromatic rings. The van der Waals surface area contributed by atoms with E-state index in [0.29, 0.717) is 23.1 Å². The van der Waals surface area contributed by atoms with Crippen LogP contribution in [0.3, 0.4) is 0 Å². The zero-order chi connectivity index (χ0) is 24.2. The summed E-state index contributed by atoms with van der Waals surface area (Å²) in [7, 11) is -1.49. The summed E-state index contributed by atoms with van der Waals surface area (Å²) in [5.41, 5.74) is 0.412. The lowest BCUT2D eigenvalue weighted by atomic mass is 9.76. The van der Waals surface area contributed by atoms with Gasteiger partial charge in [-0.3, -0.25) is 4.90 Å². The second-order valence-corrected chi connectivity index (χ2v) is 8.62. The van der Waals surface area contributed by atoms with Gasteiger partial charge < -0.3 is 15.0 Å². The van der Waals surface area contributed by atoms with E-state index in [1.807, 2.05) is 0 Å². The Balaban J connectivity index is 2.27. The molecule has 172 valence electrons. The summed E-state index contributed by atoms with van der Waals surface area (Å²) >= 11 is 6.03. The van der Waals surface area contributed by atoms with Crippen molar-refractivity contribution in [1.82, 2.24) is 0 Å². The molecular formula is C20H19BClF5N2O3. The number of carbonyl (C=O) groups is 1. The van der Waals surface area contributed by atoms with Crippen LogP contribution in [0.2, 0.25) is 5.02 Å². The van der Waals surface area contributed by atoms with Crippen LogP contribution in [0.25, 0.3) is 0 Å². The molecule has 1 aliphatic heterocycles. The van der Waals surface area contributed by atoms with E-state index < -0.39 is 64.6 Å². The van der Waals surface area contributed by atoms with E-state index in [4.69, 9.17) is 26.6 Å². The number of anilines is 2. The molecule has 1 saturated heterocycles. The summed E-state index contributed by atoms with van der Waals surface area (Å²) in [6, 6.07) is 2.17. The van der Waals surface area contributed by atoms with Gasteiger partial charge in [-0.2, -0.15) is 13.2 Å². The molecule has 2 N–H and O–H groups in total. The predicted molar refractivity (Wildman–Crippen MR) is 110 cm³/mol. The molecule has 3 rings (SSSR count). The quantitative estimate of drug-likeness (QED) is 0.492. The average Bonchev–Trinajstić information content (AvgIpc) is 2.85. The molecule has 0 radical (unpaired) electrons. The van der Waals surface area contributed by atoms with Crippen molar-refractivity contribution in [3.63, 3.8) is 0 Å². The van der Waals surface area contributed by atoms with Crippen molar-refractivity contribution in [3.8, 4) is 0 Å². The van der Waals surface area contributed by atoms with Crippen LogP contribution in [0.5, 0.6) is 0 Å². The largest absolute Gasteiger partial charge is 0.500 e. The smallest absolute Gasteiger partial charge is 0.399 e. The van der Waals surface area contributed by atoms with E-state index in [9.17, 15) is 22.4 Å². The maximum absolute atomic E-state index is 15.0. The van der Waals surface area contributed by atoms with Crippen molar-refractivity contribution in [2.75, 3.05) is 4.90 Å². The lowest BCUT2D eigenvalue weighted by molar-refractivity contribution is -0.137. The third-order valence-corrected chi connectivity index (χ3v) is 5.88. The Bertz CT molecular complexity index is 1060. The van der Waals surface area contributed by atoms with E-state index in [2.05, 4.69) is 0 Å². The number of carbonyl (C=O) groups excluding carboxylic acids is 1. The first-order valence-electron chi connectivity index (χ1n) is 9.36. The number of rotatable bonds is 3.